The van der Waals surface area contributed by atoms with Gasteiger partial charge in [-0.05, 0) is 30.7 Å². The molecule has 0 aliphatic heterocycles. The average Bonchev–Trinajstić information content (AvgIpc) is 2.90. The summed E-state index contributed by atoms with van der Waals surface area (Å²) >= 11 is 1.37. The summed E-state index contributed by atoms with van der Waals surface area (Å²) in [6.45, 7) is 6.52. The number of thiophene rings is 1. The normalized spacial score (nSPS) is 13.8. The molecule has 118 valence electrons. The second kappa shape index (κ2) is 7.56. The van der Waals surface area contributed by atoms with Gasteiger partial charge < -0.3 is 16.0 Å². The van der Waals surface area contributed by atoms with Crippen molar-refractivity contribution in [2.24, 2.45) is 11.7 Å². The summed E-state index contributed by atoms with van der Waals surface area (Å²) in [4.78, 5) is 26.3. The van der Waals surface area contributed by atoms with Gasteiger partial charge in [-0.1, -0.05) is 19.9 Å². The zero-order valence-electron chi connectivity index (χ0n) is 13.2. The predicted molar refractivity (Wildman–Crippen MR) is 86.3 cm³/mol. The summed E-state index contributed by atoms with van der Waals surface area (Å²) in [6.07, 6.45) is 0.803. The molecule has 0 fully saturated rings. The van der Waals surface area contributed by atoms with E-state index in [0.717, 1.165) is 6.42 Å². The van der Waals surface area contributed by atoms with Gasteiger partial charge in [0.1, 0.15) is 0 Å². The highest BCUT2D eigenvalue weighted by Crippen LogP contribution is 2.15. The maximum absolute atomic E-state index is 12.1. The molecule has 1 rings (SSSR count). The molecular formula is C15H25N3O2S. The fourth-order valence-corrected chi connectivity index (χ4v) is 3.06. The van der Waals surface area contributed by atoms with E-state index < -0.39 is 5.54 Å². The minimum absolute atomic E-state index is 0.0322. The van der Waals surface area contributed by atoms with E-state index in [1.165, 1.54) is 16.2 Å². The Morgan fingerprint density at radius 3 is 2.62 bits per heavy atom. The number of nitrogens with one attached hydrogen (secondary N) is 1. The van der Waals surface area contributed by atoms with E-state index in [9.17, 15) is 9.59 Å². The lowest BCUT2D eigenvalue weighted by Crippen LogP contribution is -2.54. The van der Waals surface area contributed by atoms with E-state index in [2.05, 4.69) is 19.2 Å². The molecule has 0 radical (unpaired) electrons. The third-order valence-electron chi connectivity index (χ3n) is 3.21. The molecule has 21 heavy (non-hydrogen) atoms. The topological polar surface area (TPSA) is 75.4 Å². The molecule has 0 aliphatic carbocycles. The Kier molecular flexibility index (Phi) is 6.36. The number of hydrogen-bond donors (Lipinski definition) is 2. The fourth-order valence-electron chi connectivity index (χ4n) is 2.34. The maximum Gasteiger partial charge on any atom is 0.264 e. The Hall–Kier alpha value is -1.40. The lowest BCUT2D eigenvalue weighted by molar-refractivity contribution is -0.123. The highest BCUT2D eigenvalue weighted by molar-refractivity contribution is 7.12. The fraction of sp³-hybridized carbons (Fsp3) is 0.600. The molecule has 3 N–H and O–H groups in total. The standard InChI is InChI=1S/C15H25N3O2S/c1-11(2)8-15(3,10-16)17-13(19)9-18(4)14(20)12-6-5-7-21-12/h5-7,11H,8-10,16H2,1-4H3,(H,17,19). The van der Waals surface area contributed by atoms with E-state index in [1.54, 1.807) is 13.1 Å². The van der Waals surface area contributed by atoms with Crippen LogP contribution < -0.4 is 11.1 Å². The second-order valence-corrected chi connectivity index (χ2v) is 7.00. The zero-order valence-corrected chi connectivity index (χ0v) is 14.0. The summed E-state index contributed by atoms with van der Waals surface area (Å²) in [5.41, 5.74) is 5.35. The number of carbonyl (C=O) groups is 2. The van der Waals surface area contributed by atoms with Crippen LogP contribution in [0.1, 0.15) is 36.9 Å². The predicted octanol–water partition coefficient (Wildman–Crippen LogP) is 1.70. The largest absolute Gasteiger partial charge is 0.348 e. The molecule has 0 saturated carbocycles. The molecule has 0 bridgehead atoms. The van der Waals surface area contributed by atoms with Gasteiger partial charge in [0.2, 0.25) is 5.91 Å². The van der Waals surface area contributed by atoms with Crippen molar-refractivity contribution in [2.45, 2.75) is 32.7 Å². The van der Waals surface area contributed by atoms with E-state index in [1.807, 2.05) is 18.4 Å². The van der Waals surface area contributed by atoms with Crippen LogP contribution in [-0.4, -0.2) is 42.4 Å². The number of likely N-dealkylation sites (N-methyl/N-ethyl adjacent to an activating group) is 1. The first-order valence-corrected chi connectivity index (χ1v) is 7.95. The van der Waals surface area contributed by atoms with Crippen LogP contribution in [0.25, 0.3) is 0 Å². The van der Waals surface area contributed by atoms with Gasteiger partial charge in [0.15, 0.2) is 0 Å². The van der Waals surface area contributed by atoms with Crippen molar-refractivity contribution in [1.82, 2.24) is 10.2 Å². The molecule has 1 aromatic heterocycles. The number of nitrogens with two attached hydrogens (primary N) is 1. The quantitative estimate of drug-likeness (QED) is 0.805. The van der Waals surface area contributed by atoms with Crippen molar-refractivity contribution in [3.8, 4) is 0 Å². The molecule has 1 aromatic rings. The van der Waals surface area contributed by atoms with Gasteiger partial charge in [-0.2, -0.15) is 0 Å². The van der Waals surface area contributed by atoms with Crippen LogP contribution in [0.2, 0.25) is 0 Å². The van der Waals surface area contributed by atoms with Crippen LogP contribution in [0.15, 0.2) is 17.5 Å². The molecule has 1 heterocycles. The van der Waals surface area contributed by atoms with E-state index in [0.29, 0.717) is 17.3 Å². The lowest BCUT2D eigenvalue weighted by Gasteiger charge is -2.32. The molecule has 5 nitrogen and oxygen atoms in total. The Balaban J connectivity index is 2.58. The first kappa shape index (κ1) is 17.7. The lowest BCUT2D eigenvalue weighted by atomic mass is 9.91. The highest BCUT2D eigenvalue weighted by Gasteiger charge is 2.26. The molecule has 6 heteroatoms. The van der Waals surface area contributed by atoms with Crippen LogP contribution in [0.4, 0.5) is 0 Å². The second-order valence-electron chi connectivity index (χ2n) is 6.05. The van der Waals surface area contributed by atoms with Gasteiger partial charge >= 0.3 is 0 Å². The molecule has 0 aliphatic rings. The molecule has 0 spiro atoms. The number of carbonyl (C=O) groups excluding carboxylic acids is 2. The van der Waals surface area contributed by atoms with Crippen molar-refractivity contribution in [3.05, 3.63) is 22.4 Å². The monoisotopic (exact) mass is 311 g/mol. The smallest absolute Gasteiger partial charge is 0.264 e. The van der Waals surface area contributed by atoms with E-state index >= 15 is 0 Å². The summed E-state index contributed by atoms with van der Waals surface area (Å²) in [7, 11) is 1.63. The summed E-state index contributed by atoms with van der Waals surface area (Å²) in [6, 6.07) is 3.57. The molecule has 1 unspecified atom stereocenters. The van der Waals surface area contributed by atoms with Crippen molar-refractivity contribution >= 4 is 23.2 Å². The minimum Gasteiger partial charge on any atom is -0.348 e. The summed E-state index contributed by atoms with van der Waals surface area (Å²) < 4.78 is 0. The first-order chi connectivity index (χ1) is 9.77. The van der Waals surface area contributed by atoms with Gasteiger partial charge in [0.25, 0.3) is 5.91 Å². The zero-order chi connectivity index (χ0) is 16.0. The highest BCUT2D eigenvalue weighted by atomic mass is 32.1. The van der Waals surface area contributed by atoms with Gasteiger partial charge in [0, 0.05) is 19.1 Å². The summed E-state index contributed by atoms with van der Waals surface area (Å²) in [5, 5.41) is 4.79. The van der Waals surface area contributed by atoms with Crippen LogP contribution >= 0.6 is 11.3 Å². The molecular weight excluding hydrogens is 286 g/mol. The number of nitrogens with zero attached hydrogens (tertiary/aromatic N) is 1. The van der Waals surface area contributed by atoms with Crippen molar-refractivity contribution in [1.29, 1.82) is 0 Å². The Labute approximate surface area is 130 Å². The van der Waals surface area contributed by atoms with Gasteiger partial charge in [-0.25, -0.2) is 0 Å². The number of rotatable bonds is 7. The third kappa shape index (κ3) is 5.47. The van der Waals surface area contributed by atoms with Crippen LogP contribution in [0.5, 0.6) is 0 Å². The van der Waals surface area contributed by atoms with Crippen LogP contribution in [-0.2, 0) is 4.79 Å². The summed E-state index contributed by atoms with van der Waals surface area (Å²) in [5.74, 6) is 0.110. The van der Waals surface area contributed by atoms with E-state index in [-0.39, 0.29) is 18.4 Å². The van der Waals surface area contributed by atoms with Crippen molar-refractivity contribution in [2.75, 3.05) is 20.1 Å². The Bertz CT molecular complexity index is 473. The number of amides is 2. The minimum atomic E-state index is -0.432. The van der Waals surface area contributed by atoms with Gasteiger partial charge in [-0.15, -0.1) is 11.3 Å². The molecule has 1 atom stereocenters. The van der Waals surface area contributed by atoms with E-state index in [4.69, 9.17) is 5.73 Å². The van der Waals surface area contributed by atoms with Crippen molar-refractivity contribution in [3.63, 3.8) is 0 Å². The third-order valence-corrected chi connectivity index (χ3v) is 4.07. The first-order valence-electron chi connectivity index (χ1n) is 7.07. The Morgan fingerprint density at radius 2 is 2.14 bits per heavy atom. The average molecular weight is 311 g/mol. The maximum atomic E-state index is 12.1. The number of hydrogen-bond acceptors (Lipinski definition) is 4. The molecule has 0 aromatic carbocycles. The van der Waals surface area contributed by atoms with Gasteiger partial charge in [-0.3, -0.25) is 9.59 Å². The van der Waals surface area contributed by atoms with Crippen molar-refractivity contribution < 1.29 is 9.59 Å². The SMILES string of the molecule is CC(C)CC(C)(CN)NC(=O)CN(C)C(=O)c1cccs1. The van der Waals surface area contributed by atoms with Crippen LogP contribution in [0.3, 0.4) is 0 Å². The van der Waals surface area contributed by atoms with Gasteiger partial charge in [0.05, 0.1) is 11.4 Å². The van der Waals surface area contributed by atoms with Crippen LogP contribution in [0, 0.1) is 5.92 Å². The Morgan fingerprint density at radius 1 is 1.48 bits per heavy atom. The molecule has 0 saturated heterocycles. The molecule has 2 amide bonds.